The van der Waals surface area contributed by atoms with Crippen LogP contribution in [0.5, 0.6) is 0 Å². The third-order valence-electron chi connectivity index (χ3n) is 5.15. The van der Waals surface area contributed by atoms with Gasteiger partial charge in [0.1, 0.15) is 27.6 Å². The molecule has 1 N–H and O–H groups in total. The summed E-state index contributed by atoms with van der Waals surface area (Å²) in [4.78, 5) is 21.5. The Balaban J connectivity index is 1.65. The summed E-state index contributed by atoms with van der Waals surface area (Å²) in [6.07, 6.45) is 2.90. The average Bonchev–Trinajstić information content (AvgIpc) is 3.38. The smallest absolute Gasteiger partial charge is 0.308 e. The molecule has 1 amide bonds. The molecule has 2 heterocycles. The molecule has 1 unspecified atom stereocenters. The van der Waals surface area contributed by atoms with E-state index >= 15 is 0 Å². The second kappa shape index (κ2) is 9.36. The number of rotatable bonds is 8. The topological polar surface area (TPSA) is 107 Å². The summed E-state index contributed by atoms with van der Waals surface area (Å²) in [7, 11) is -3.15. The van der Waals surface area contributed by atoms with Crippen LogP contribution in [0.2, 0.25) is 5.02 Å². The fraction of sp³-hybridized carbons (Fsp3) is 0.261. The van der Waals surface area contributed by atoms with Crippen LogP contribution in [0.1, 0.15) is 25.0 Å². The predicted molar refractivity (Wildman–Crippen MR) is 127 cm³/mol. The Morgan fingerprint density at radius 1 is 1.18 bits per heavy atom. The number of aromatic nitrogens is 3. The molecule has 2 aromatic heterocycles. The molecular formula is C23H23ClN4O4S. The molecule has 0 aliphatic heterocycles. The maximum Gasteiger partial charge on any atom is 0.308 e. The highest BCUT2D eigenvalue weighted by molar-refractivity contribution is 7.90. The van der Waals surface area contributed by atoms with Crippen molar-refractivity contribution in [3.8, 4) is 17.3 Å². The second-order valence-corrected chi connectivity index (χ2v) is 10.6. The van der Waals surface area contributed by atoms with Gasteiger partial charge < -0.3 is 9.73 Å². The predicted octanol–water partition coefficient (Wildman–Crippen LogP) is 3.99. The highest BCUT2D eigenvalue weighted by atomic mass is 35.5. The van der Waals surface area contributed by atoms with Gasteiger partial charge in [-0.05, 0) is 24.3 Å². The molecule has 8 nitrogen and oxygen atoms in total. The molecule has 4 rings (SSSR count). The Morgan fingerprint density at radius 2 is 1.91 bits per heavy atom. The molecule has 0 bridgehead atoms. The third-order valence-corrected chi connectivity index (χ3v) is 6.35. The van der Waals surface area contributed by atoms with Crippen molar-refractivity contribution in [1.82, 2.24) is 19.9 Å². The Labute approximate surface area is 196 Å². The van der Waals surface area contributed by atoms with Crippen LogP contribution in [0.25, 0.3) is 28.3 Å². The van der Waals surface area contributed by atoms with E-state index < -0.39 is 9.84 Å². The monoisotopic (exact) mass is 486 g/mol. The fourth-order valence-corrected chi connectivity index (χ4v) is 4.10. The first kappa shape index (κ1) is 23.0. The Bertz CT molecular complexity index is 1390. The van der Waals surface area contributed by atoms with Gasteiger partial charge in [0, 0.05) is 35.7 Å². The standard InChI is InChI=1S/C23H23ClN4O4S/c1-15(13-20(29)25-11-12-33(2,30)31)22-21(16-7-9-17(24)10-8-16)27-23(32-22)28-14-26-18-5-3-4-6-19(18)28/h3-10,14-15H,11-13H2,1-2H3,(H,25,29). The zero-order chi connectivity index (χ0) is 23.6. The van der Waals surface area contributed by atoms with E-state index in [0.717, 1.165) is 22.9 Å². The number of nitrogens with zero attached hydrogens (tertiary/aromatic N) is 3. The summed E-state index contributed by atoms with van der Waals surface area (Å²) in [5.41, 5.74) is 3.07. The number of para-hydroxylation sites is 2. The number of benzene rings is 2. The van der Waals surface area contributed by atoms with Crippen molar-refractivity contribution in [2.75, 3.05) is 18.6 Å². The molecule has 10 heteroatoms. The summed E-state index contributed by atoms with van der Waals surface area (Å²) in [6.45, 7) is 1.93. The van der Waals surface area contributed by atoms with E-state index in [-0.39, 0.29) is 30.5 Å². The number of fused-ring (bicyclic) bond motifs is 1. The first-order valence-electron chi connectivity index (χ1n) is 10.3. The Kier molecular flexibility index (Phi) is 6.53. The molecule has 2 aromatic carbocycles. The summed E-state index contributed by atoms with van der Waals surface area (Å²) < 4.78 is 30.5. The minimum Gasteiger partial charge on any atom is -0.427 e. The number of sulfone groups is 1. The molecule has 0 saturated carbocycles. The molecule has 0 spiro atoms. The molecule has 0 aliphatic rings. The van der Waals surface area contributed by atoms with Gasteiger partial charge in [0.15, 0.2) is 0 Å². The molecule has 1 atom stereocenters. The van der Waals surface area contributed by atoms with Crippen molar-refractivity contribution in [1.29, 1.82) is 0 Å². The number of oxazole rings is 1. The number of nitrogens with one attached hydrogen (secondary N) is 1. The van der Waals surface area contributed by atoms with Gasteiger partial charge in [0.25, 0.3) is 0 Å². The van der Waals surface area contributed by atoms with E-state index in [2.05, 4.69) is 10.3 Å². The van der Waals surface area contributed by atoms with Gasteiger partial charge in [0.2, 0.25) is 5.91 Å². The zero-order valence-electron chi connectivity index (χ0n) is 18.2. The molecule has 0 saturated heterocycles. The minimum absolute atomic E-state index is 0.0666. The van der Waals surface area contributed by atoms with Crippen molar-refractivity contribution < 1.29 is 17.6 Å². The number of carbonyl (C=O) groups is 1. The van der Waals surface area contributed by atoms with Gasteiger partial charge in [-0.15, -0.1) is 0 Å². The molecule has 0 aliphatic carbocycles. The van der Waals surface area contributed by atoms with Gasteiger partial charge in [0.05, 0.1) is 16.8 Å². The first-order valence-corrected chi connectivity index (χ1v) is 12.8. The molecule has 33 heavy (non-hydrogen) atoms. The van der Waals surface area contributed by atoms with Gasteiger partial charge in [-0.25, -0.2) is 13.4 Å². The lowest BCUT2D eigenvalue weighted by Gasteiger charge is -2.11. The molecule has 0 radical (unpaired) electrons. The number of hydrogen-bond acceptors (Lipinski definition) is 6. The summed E-state index contributed by atoms with van der Waals surface area (Å²) in [5.74, 6) is -0.143. The van der Waals surface area contributed by atoms with Gasteiger partial charge in [-0.1, -0.05) is 42.8 Å². The summed E-state index contributed by atoms with van der Waals surface area (Å²) in [6, 6.07) is 15.2. The summed E-state index contributed by atoms with van der Waals surface area (Å²) in [5, 5.41) is 3.25. The van der Waals surface area contributed by atoms with E-state index in [9.17, 15) is 13.2 Å². The van der Waals surface area contributed by atoms with Crippen LogP contribution in [-0.2, 0) is 14.6 Å². The van der Waals surface area contributed by atoms with Crippen molar-refractivity contribution in [3.05, 3.63) is 65.6 Å². The number of imidazole rings is 1. The van der Waals surface area contributed by atoms with Crippen LogP contribution in [0.4, 0.5) is 0 Å². The van der Waals surface area contributed by atoms with Crippen molar-refractivity contribution in [2.45, 2.75) is 19.3 Å². The second-order valence-electron chi connectivity index (χ2n) is 7.90. The van der Waals surface area contributed by atoms with Crippen molar-refractivity contribution >= 4 is 38.4 Å². The minimum atomic E-state index is -3.15. The first-order chi connectivity index (χ1) is 15.7. The third kappa shape index (κ3) is 5.43. The number of amides is 1. The number of carbonyl (C=O) groups excluding carboxylic acids is 1. The lowest BCUT2D eigenvalue weighted by molar-refractivity contribution is -0.121. The lowest BCUT2D eigenvalue weighted by atomic mass is 9.99. The largest absolute Gasteiger partial charge is 0.427 e. The van der Waals surface area contributed by atoms with Crippen molar-refractivity contribution in [3.63, 3.8) is 0 Å². The Morgan fingerprint density at radius 3 is 2.64 bits per heavy atom. The van der Waals surface area contributed by atoms with Crippen LogP contribution >= 0.6 is 11.6 Å². The molecule has 4 aromatic rings. The normalized spacial score (nSPS) is 12.7. The SMILES string of the molecule is CC(CC(=O)NCCS(C)(=O)=O)c1oc(-n2cnc3ccccc32)nc1-c1ccc(Cl)cc1. The lowest BCUT2D eigenvalue weighted by Crippen LogP contribution is -2.29. The number of hydrogen-bond donors (Lipinski definition) is 1. The van der Waals surface area contributed by atoms with Crippen LogP contribution < -0.4 is 5.32 Å². The van der Waals surface area contributed by atoms with E-state index in [0.29, 0.717) is 22.5 Å². The van der Waals surface area contributed by atoms with Gasteiger partial charge >= 0.3 is 6.01 Å². The fourth-order valence-electron chi connectivity index (χ4n) is 3.50. The van der Waals surface area contributed by atoms with Gasteiger partial charge in [-0.3, -0.25) is 9.36 Å². The maximum atomic E-state index is 12.4. The van der Waals surface area contributed by atoms with Gasteiger partial charge in [-0.2, -0.15) is 4.98 Å². The summed E-state index contributed by atoms with van der Waals surface area (Å²) >= 11 is 6.05. The highest BCUT2D eigenvalue weighted by Gasteiger charge is 2.24. The van der Waals surface area contributed by atoms with E-state index in [4.69, 9.17) is 21.0 Å². The van der Waals surface area contributed by atoms with E-state index in [1.165, 1.54) is 0 Å². The zero-order valence-corrected chi connectivity index (χ0v) is 19.7. The van der Waals surface area contributed by atoms with E-state index in [1.807, 2.05) is 43.3 Å². The average molecular weight is 487 g/mol. The Hall–Kier alpha value is -3.17. The van der Waals surface area contributed by atoms with Crippen molar-refractivity contribution in [2.24, 2.45) is 0 Å². The van der Waals surface area contributed by atoms with Crippen LogP contribution in [0, 0.1) is 0 Å². The maximum absolute atomic E-state index is 12.4. The van der Waals surface area contributed by atoms with Crippen LogP contribution in [0.15, 0.2) is 59.3 Å². The van der Waals surface area contributed by atoms with E-state index in [1.54, 1.807) is 23.0 Å². The quantitative estimate of drug-likeness (QED) is 0.403. The molecule has 172 valence electrons. The number of halogens is 1. The molecular weight excluding hydrogens is 464 g/mol. The molecule has 0 fully saturated rings. The van der Waals surface area contributed by atoms with Crippen LogP contribution in [0.3, 0.4) is 0 Å². The highest BCUT2D eigenvalue weighted by Crippen LogP contribution is 2.34. The van der Waals surface area contributed by atoms with Crippen LogP contribution in [-0.4, -0.2) is 47.4 Å².